The molecule has 1 heterocycles. The molecular formula is C8H13N3. The standard InChI is InChI=1S/C8H13N3/c9-4-2-1-3-8-7-10-5-6-11-8/h5-7H,1-4,9H2. The van der Waals surface area contributed by atoms with E-state index in [1.165, 1.54) is 0 Å². The molecule has 1 rings (SSSR count). The lowest BCUT2D eigenvalue weighted by Crippen LogP contribution is -1.99. The number of nitrogens with two attached hydrogens (primary N) is 1. The van der Waals surface area contributed by atoms with Crippen molar-refractivity contribution >= 4 is 0 Å². The Balaban J connectivity index is 2.28. The van der Waals surface area contributed by atoms with Crippen LogP contribution in [0.15, 0.2) is 18.6 Å². The van der Waals surface area contributed by atoms with Crippen molar-refractivity contribution in [3.05, 3.63) is 24.3 Å². The summed E-state index contributed by atoms with van der Waals surface area (Å²) < 4.78 is 0. The van der Waals surface area contributed by atoms with Crippen molar-refractivity contribution < 1.29 is 0 Å². The molecule has 0 amide bonds. The maximum Gasteiger partial charge on any atom is 0.0586 e. The number of unbranched alkanes of at least 4 members (excludes halogenated alkanes) is 1. The smallest absolute Gasteiger partial charge is 0.0586 e. The third kappa shape index (κ3) is 3.09. The van der Waals surface area contributed by atoms with Crippen LogP contribution >= 0.6 is 0 Å². The van der Waals surface area contributed by atoms with Gasteiger partial charge in [-0.05, 0) is 25.8 Å². The van der Waals surface area contributed by atoms with Gasteiger partial charge in [0.2, 0.25) is 0 Å². The van der Waals surface area contributed by atoms with Gasteiger partial charge in [-0.25, -0.2) is 0 Å². The quantitative estimate of drug-likeness (QED) is 0.646. The van der Waals surface area contributed by atoms with Gasteiger partial charge in [-0.2, -0.15) is 0 Å². The lowest BCUT2D eigenvalue weighted by molar-refractivity contribution is 0.729. The molecule has 0 saturated carbocycles. The minimum atomic E-state index is 0.764. The van der Waals surface area contributed by atoms with Crippen molar-refractivity contribution in [1.29, 1.82) is 0 Å². The highest BCUT2D eigenvalue weighted by molar-refractivity contribution is 4.94. The summed E-state index contributed by atoms with van der Waals surface area (Å²) in [5.74, 6) is 0. The van der Waals surface area contributed by atoms with Crippen molar-refractivity contribution in [1.82, 2.24) is 9.97 Å². The molecule has 1 aromatic heterocycles. The maximum atomic E-state index is 5.36. The molecular weight excluding hydrogens is 138 g/mol. The molecule has 2 N–H and O–H groups in total. The molecule has 0 aromatic carbocycles. The normalized spacial score (nSPS) is 9.91. The van der Waals surface area contributed by atoms with Gasteiger partial charge in [-0.3, -0.25) is 9.97 Å². The number of rotatable bonds is 4. The van der Waals surface area contributed by atoms with Gasteiger partial charge < -0.3 is 5.73 Å². The Morgan fingerprint density at radius 3 is 2.82 bits per heavy atom. The van der Waals surface area contributed by atoms with Crippen LogP contribution in [0.1, 0.15) is 18.5 Å². The van der Waals surface area contributed by atoms with E-state index in [1.807, 2.05) is 0 Å². The Labute approximate surface area is 66.7 Å². The van der Waals surface area contributed by atoms with E-state index in [1.54, 1.807) is 18.6 Å². The molecule has 11 heavy (non-hydrogen) atoms. The first kappa shape index (κ1) is 8.14. The molecule has 0 saturated heterocycles. The van der Waals surface area contributed by atoms with Crippen LogP contribution in [0.4, 0.5) is 0 Å². The molecule has 0 atom stereocenters. The fourth-order valence-corrected chi connectivity index (χ4v) is 0.910. The van der Waals surface area contributed by atoms with Gasteiger partial charge in [0.25, 0.3) is 0 Å². The van der Waals surface area contributed by atoms with Crippen molar-refractivity contribution in [2.75, 3.05) is 6.54 Å². The Morgan fingerprint density at radius 2 is 2.18 bits per heavy atom. The molecule has 60 valence electrons. The topological polar surface area (TPSA) is 51.8 Å². The molecule has 1 aromatic rings. The van der Waals surface area contributed by atoms with E-state index in [-0.39, 0.29) is 0 Å². The molecule has 0 fully saturated rings. The van der Waals surface area contributed by atoms with E-state index in [2.05, 4.69) is 9.97 Å². The Kier molecular flexibility index (Phi) is 3.55. The Morgan fingerprint density at radius 1 is 1.27 bits per heavy atom. The fourth-order valence-electron chi connectivity index (χ4n) is 0.910. The highest BCUT2D eigenvalue weighted by atomic mass is 14.8. The zero-order valence-electron chi connectivity index (χ0n) is 6.53. The van der Waals surface area contributed by atoms with Gasteiger partial charge in [0.15, 0.2) is 0 Å². The predicted molar refractivity (Wildman–Crippen MR) is 44.0 cm³/mol. The highest BCUT2D eigenvalue weighted by Crippen LogP contribution is 1.97. The molecule has 3 nitrogen and oxygen atoms in total. The lowest BCUT2D eigenvalue weighted by atomic mass is 10.2. The molecule has 0 radical (unpaired) electrons. The third-order valence-electron chi connectivity index (χ3n) is 1.50. The SMILES string of the molecule is NCCCCc1cnccn1. The summed E-state index contributed by atoms with van der Waals surface area (Å²) in [5, 5.41) is 0. The molecule has 0 aliphatic rings. The van der Waals surface area contributed by atoms with Crippen LogP contribution < -0.4 is 5.73 Å². The summed E-state index contributed by atoms with van der Waals surface area (Å²) in [6.45, 7) is 0.764. The molecule has 0 aliphatic carbocycles. The van der Waals surface area contributed by atoms with Crippen LogP contribution in [0.3, 0.4) is 0 Å². The maximum absolute atomic E-state index is 5.36. The van der Waals surface area contributed by atoms with Crippen molar-refractivity contribution in [3.63, 3.8) is 0 Å². The summed E-state index contributed by atoms with van der Waals surface area (Å²) in [6, 6.07) is 0. The first-order chi connectivity index (χ1) is 5.43. The second kappa shape index (κ2) is 4.79. The first-order valence-electron chi connectivity index (χ1n) is 3.88. The number of aryl methyl sites for hydroxylation is 1. The van der Waals surface area contributed by atoms with Crippen molar-refractivity contribution in [2.45, 2.75) is 19.3 Å². The lowest BCUT2D eigenvalue weighted by Gasteiger charge is -1.96. The van der Waals surface area contributed by atoms with E-state index < -0.39 is 0 Å². The fraction of sp³-hybridized carbons (Fsp3) is 0.500. The number of hydrogen-bond donors (Lipinski definition) is 1. The van der Waals surface area contributed by atoms with E-state index in [0.717, 1.165) is 31.5 Å². The van der Waals surface area contributed by atoms with Gasteiger partial charge in [-0.1, -0.05) is 0 Å². The molecule has 3 heteroatoms. The van der Waals surface area contributed by atoms with Crippen LogP contribution in [0.5, 0.6) is 0 Å². The average molecular weight is 151 g/mol. The summed E-state index contributed by atoms with van der Waals surface area (Å²) in [6.07, 6.45) is 8.37. The van der Waals surface area contributed by atoms with Gasteiger partial charge in [-0.15, -0.1) is 0 Å². The van der Waals surface area contributed by atoms with E-state index in [0.29, 0.717) is 0 Å². The summed E-state index contributed by atoms with van der Waals surface area (Å²) >= 11 is 0. The van der Waals surface area contributed by atoms with E-state index >= 15 is 0 Å². The zero-order valence-corrected chi connectivity index (χ0v) is 6.53. The summed E-state index contributed by atoms with van der Waals surface area (Å²) in [4.78, 5) is 8.12. The molecule has 0 aliphatic heterocycles. The van der Waals surface area contributed by atoms with Gasteiger partial charge in [0, 0.05) is 18.6 Å². The second-order valence-electron chi connectivity index (χ2n) is 2.44. The summed E-state index contributed by atoms with van der Waals surface area (Å²) in [5.41, 5.74) is 6.41. The Hall–Kier alpha value is -0.960. The third-order valence-corrected chi connectivity index (χ3v) is 1.50. The largest absolute Gasteiger partial charge is 0.330 e. The zero-order chi connectivity index (χ0) is 7.94. The van der Waals surface area contributed by atoms with Crippen LogP contribution in [0.2, 0.25) is 0 Å². The molecule has 0 spiro atoms. The van der Waals surface area contributed by atoms with Gasteiger partial charge in [0.05, 0.1) is 5.69 Å². The minimum absolute atomic E-state index is 0.764. The van der Waals surface area contributed by atoms with E-state index in [9.17, 15) is 0 Å². The van der Waals surface area contributed by atoms with Gasteiger partial charge >= 0.3 is 0 Å². The summed E-state index contributed by atoms with van der Waals surface area (Å²) in [7, 11) is 0. The highest BCUT2D eigenvalue weighted by Gasteiger charge is 1.91. The molecule has 0 unspecified atom stereocenters. The van der Waals surface area contributed by atoms with E-state index in [4.69, 9.17) is 5.73 Å². The molecule has 0 bridgehead atoms. The van der Waals surface area contributed by atoms with Crippen LogP contribution in [0, 0.1) is 0 Å². The number of nitrogens with zero attached hydrogens (tertiary/aromatic N) is 2. The van der Waals surface area contributed by atoms with Crippen molar-refractivity contribution in [3.8, 4) is 0 Å². The predicted octanol–water partition coefficient (Wildman–Crippen LogP) is 0.758. The first-order valence-corrected chi connectivity index (χ1v) is 3.88. The monoisotopic (exact) mass is 151 g/mol. The number of aromatic nitrogens is 2. The Bertz CT molecular complexity index is 186. The van der Waals surface area contributed by atoms with Crippen molar-refractivity contribution in [2.24, 2.45) is 5.73 Å². The van der Waals surface area contributed by atoms with Crippen LogP contribution in [0.25, 0.3) is 0 Å². The average Bonchev–Trinajstić information content (AvgIpc) is 2.07. The van der Waals surface area contributed by atoms with Crippen LogP contribution in [-0.4, -0.2) is 16.5 Å². The van der Waals surface area contributed by atoms with Gasteiger partial charge in [0.1, 0.15) is 0 Å². The second-order valence-corrected chi connectivity index (χ2v) is 2.44. The minimum Gasteiger partial charge on any atom is -0.330 e. The number of hydrogen-bond acceptors (Lipinski definition) is 3. The van der Waals surface area contributed by atoms with Crippen LogP contribution in [-0.2, 0) is 6.42 Å².